The van der Waals surface area contributed by atoms with E-state index in [9.17, 15) is 5.11 Å². The van der Waals surface area contributed by atoms with Crippen LogP contribution in [-0.2, 0) is 17.3 Å². The van der Waals surface area contributed by atoms with Crippen LogP contribution in [0.2, 0.25) is 0 Å². The number of nitrogens with one attached hydrogen (secondary N) is 1. The molecule has 1 spiro atoms. The lowest BCUT2D eigenvalue weighted by atomic mass is 9.80. The summed E-state index contributed by atoms with van der Waals surface area (Å²) in [5, 5.41) is 14.6. The first-order chi connectivity index (χ1) is 25.4. The zero-order valence-corrected chi connectivity index (χ0v) is 29.8. The average Bonchev–Trinajstić information content (AvgIpc) is 3.67. The van der Waals surface area contributed by atoms with Crippen LogP contribution in [0.3, 0.4) is 0 Å². The molecular formula is C40H44F5N5O3. The van der Waals surface area contributed by atoms with E-state index in [1.54, 1.807) is 6.92 Å². The van der Waals surface area contributed by atoms with Crippen LogP contribution in [0.1, 0.15) is 63.0 Å². The van der Waals surface area contributed by atoms with Crippen LogP contribution >= 0.6 is 0 Å². The summed E-state index contributed by atoms with van der Waals surface area (Å²) in [5.74, 6) is -2.01. The van der Waals surface area contributed by atoms with Gasteiger partial charge in [-0.05, 0) is 109 Å². The van der Waals surface area contributed by atoms with Gasteiger partial charge in [-0.15, -0.1) is 0 Å². The van der Waals surface area contributed by atoms with Gasteiger partial charge in [0.05, 0.1) is 12.2 Å². The van der Waals surface area contributed by atoms with E-state index in [-0.39, 0.29) is 68.9 Å². The minimum absolute atomic E-state index is 0.0708. The number of hydrogen-bond acceptors (Lipinski definition) is 8. The Balaban J connectivity index is 1.14. The number of aromatic hydroxyl groups is 1. The number of halogens is 5. The van der Waals surface area contributed by atoms with Gasteiger partial charge in [0.15, 0.2) is 5.82 Å². The van der Waals surface area contributed by atoms with Crippen LogP contribution in [0.15, 0.2) is 30.3 Å². The van der Waals surface area contributed by atoms with Crippen molar-refractivity contribution in [3.63, 3.8) is 0 Å². The van der Waals surface area contributed by atoms with Crippen molar-refractivity contribution in [3.05, 3.63) is 53.1 Å². The third-order valence-corrected chi connectivity index (χ3v) is 12.6. The van der Waals surface area contributed by atoms with Gasteiger partial charge >= 0.3 is 12.2 Å². The molecular weight excluding hydrogens is 693 g/mol. The van der Waals surface area contributed by atoms with E-state index in [4.69, 9.17) is 14.5 Å². The lowest BCUT2D eigenvalue weighted by Gasteiger charge is -2.34. The Morgan fingerprint density at radius 1 is 1.00 bits per heavy atom. The minimum Gasteiger partial charge on any atom is -0.508 e. The molecule has 53 heavy (non-hydrogen) atoms. The van der Waals surface area contributed by atoms with Crippen molar-refractivity contribution >= 4 is 27.5 Å². The molecule has 5 heterocycles. The van der Waals surface area contributed by atoms with Gasteiger partial charge in [0, 0.05) is 67.8 Å². The summed E-state index contributed by atoms with van der Waals surface area (Å²) < 4.78 is 89.8. The van der Waals surface area contributed by atoms with Crippen LogP contribution in [0.5, 0.6) is 11.8 Å². The van der Waals surface area contributed by atoms with Gasteiger partial charge < -0.3 is 29.7 Å². The van der Waals surface area contributed by atoms with Crippen molar-refractivity contribution in [3.8, 4) is 22.9 Å². The van der Waals surface area contributed by atoms with E-state index in [1.807, 2.05) is 4.90 Å². The Kier molecular flexibility index (Phi) is 8.50. The topological polar surface area (TPSA) is 83.0 Å². The standard InChI is InChI=1S/C40H44F5N5O3/c1-2-27-31(41)6-3-23-15-26(51)16-28(32(23)27)33-30(40(43,44)45)17-29-35(34(33)42)47-37(48-36(29)50-18-24-4-5-25(19-50)46-24)53-22-39(7-8-39)21-49-12-9-38(20-49)10-13-52-14-11-38/h3,6,15-17,24-25,46,51H,2,4-5,7-14,18-22H2,1H3. The van der Waals surface area contributed by atoms with Crippen molar-refractivity contribution in [2.75, 3.05) is 57.4 Å². The molecule has 4 aliphatic heterocycles. The highest BCUT2D eigenvalue weighted by Crippen LogP contribution is 2.50. The molecule has 1 aliphatic carbocycles. The van der Waals surface area contributed by atoms with E-state index >= 15 is 22.0 Å². The summed E-state index contributed by atoms with van der Waals surface area (Å²) in [5.41, 5.74) is -2.27. The lowest BCUT2D eigenvalue weighted by molar-refractivity contribution is -0.137. The van der Waals surface area contributed by atoms with Crippen molar-refractivity contribution < 1.29 is 36.5 Å². The summed E-state index contributed by atoms with van der Waals surface area (Å²) in [6.45, 7) is 7.51. The van der Waals surface area contributed by atoms with Crippen LogP contribution in [0, 0.1) is 22.5 Å². The van der Waals surface area contributed by atoms with Crippen LogP contribution in [0.4, 0.5) is 27.8 Å². The van der Waals surface area contributed by atoms with Gasteiger partial charge in [-0.1, -0.05) is 13.0 Å². The van der Waals surface area contributed by atoms with Crippen molar-refractivity contribution in [2.45, 2.75) is 76.6 Å². The summed E-state index contributed by atoms with van der Waals surface area (Å²) in [7, 11) is 0. The van der Waals surface area contributed by atoms with Crippen LogP contribution < -0.4 is 15.0 Å². The Morgan fingerprint density at radius 3 is 2.45 bits per heavy atom. The lowest BCUT2D eigenvalue weighted by Crippen LogP contribution is -2.51. The van der Waals surface area contributed by atoms with Gasteiger partial charge in [0.25, 0.3) is 0 Å². The maximum absolute atomic E-state index is 17.3. The monoisotopic (exact) mass is 737 g/mol. The van der Waals surface area contributed by atoms with E-state index in [0.717, 1.165) is 89.9 Å². The summed E-state index contributed by atoms with van der Waals surface area (Å²) in [6.07, 6.45) is 2.22. The first kappa shape index (κ1) is 34.9. The molecule has 282 valence electrons. The first-order valence-corrected chi connectivity index (χ1v) is 18.9. The maximum atomic E-state index is 17.3. The third kappa shape index (κ3) is 6.36. The van der Waals surface area contributed by atoms with Gasteiger partial charge in [-0.25, -0.2) is 8.78 Å². The Morgan fingerprint density at radius 2 is 1.75 bits per heavy atom. The van der Waals surface area contributed by atoms with Gasteiger partial charge in [-0.3, -0.25) is 0 Å². The fourth-order valence-electron chi connectivity index (χ4n) is 9.59. The van der Waals surface area contributed by atoms with E-state index < -0.39 is 28.9 Å². The number of piperazine rings is 1. The summed E-state index contributed by atoms with van der Waals surface area (Å²) in [4.78, 5) is 13.7. The molecule has 0 amide bonds. The quantitative estimate of drug-likeness (QED) is 0.179. The molecule has 5 fully saturated rings. The molecule has 13 heteroatoms. The highest BCUT2D eigenvalue weighted by atomic mass is 19.4. The molecule has 9 rings (SSSR count). The Bertz CT molecular complexity index is 2070. The van der Waals surface area contributed by atoms with Gasteiger partial charge in [0.1, 0.15) is 22.9 Å². The third-order valence-electron chi connectivity index (χ3n) is 12.6. The molecule has 0 radical (unpaired) electrons. The minimum atomic E-state index is -5.01. The van der Waals surface area contributed by atoms with E-state index in [2.05, 4.69) is 15.2 Å². The van der Waals surface area contributed by atoms with E-state index in [1.165, 1.54) is 18.2 Å². The Hall–Kier alpha value is -3.81. The van der Waals surface area contributed by atoms with Crippen LogP contribution in [0.25, 0.3) is 32.8 Å². The number of nitrogens with zero attached hydrogens (tertiary/aromatic N) is 4. The number of fused-ring (bicyclic) bond motifs is 4. The molecule has 1 saturated carbocycles. The molecule has 5 aliphatic rings. The summed E-state index contributed by atoms with van der Waals surface area (Å²) >= 11 is 0. The predicted octanol–water partition coefficient (Wildman–Crippen LogP) is 7.62. The van der Waals surface area contributed by atoms with E-state index in [0.29, 0.717) is 30.5 Å². The van der Waals surface area contributed by atoms with Gasteiger partial charge in [0.2, 0.25) is 0 Å². The van der Waals surface area contributed by atoms with Crippen molar-refractivity contribution in [2.24, 2.45) is 10.8 Å². The molecule has 2 N–H and O–H groups in total. The molecule has 4 saturated heterocycles. The molecule has 4 aromatic rings. The molecule has 1 aromatic heterocycles. The second kappa shape index (κ2) is 12.9. The number of anilines is 1. The number of likely N-dealkylation sites (tertiary alicyclic amines) is 1. The average molecular weight is 738 g/mol. The fourth-order valence-corrected chi connectivity index (χ4v) is 9.59. The largest absolute Gasteiger partial charge is 0.508 e. The number of alkyl halides is 3. The fraction of sp³-hybridized carbons (Fsp3) is 0.550. The number of benzene rings is 3. The first-order valence-electron chi connectivity index (χ1n) is 18.9. The Labute approximate surface area is 304 Å². The number of aromatic nitrogens is 2. The highest BCUT2D eigenvalue weighted by molar-refractivity contribution is 6.04. The van der Waals surface area contributed by atoms with Crippen LogP contribution in [-0.4, -0.2) is 84.6 Å². The van der Waals surface area contributed by atoms with Crippen molar-refractivity contribution in [1.29, 1.82) is 0 Å². The smallest absolute Gasteiger partial charge is 0.417 e. The van der Waals surface area contributed by atoms with Gasteiger partial charge in [-0.2, -0.15) is 23.1 Å². The van der Waals surface area contributed by atoms with Crippen molar-refractivity contribution in [1.82, 2.24) is 20.2 Å². The number of rotatable bonds is 8. The number of phenolic OH excluding ortho intramolecular Hbond substituents is 1. The second-order valence-corrected chi connectivity index (χ2v) is 16.2. The number of phenols is 1. The molecule has 3 aromatic carbocycles. The normalized spacial score (nSPS) is 23.8. The zero-order chi connectivity index (χ0) is 36.7. The highest BCUT2D eigenvalue weighted by Gasteiger charge is 2.48. The number of aryl methyl sites for hydroxylation is 1. The molecule has 8 nitrogen and oxygen atoms in total. The maximum Gasteiger partial charge on any atom is 0.417 e. The molecule has 2 bridgehead atoms. The number of ether oxygens (including phenoxy) is 2. The second-order valence-electron chi connectivity index (χ2n) is 16.2. The predicted molar refractivity (Wildman–Crippen MR) is 191 cm³/mol. The zero-order valence-electron chi connectivity index (χ0n) is 29.8. The summed E-state index contributed by atoms with van der Waals surface area (Å²) in [6, 6.07) is 6.09. The molecule has 2 unspecified atom stereocenters. The number of hydrogen-bond donors (Lipinski definition) is 2. The SMILES string of the molecule is CCc1c(F)ccc2cc(O)cc(-c3c(C(F)(F)F)cc4c(N5CC6CCC(C5)N6)nc(OCC5(CN6CCC7(CCOCC7)C6)CC5)nc4c3F)c12. The molecule has 2 atom stereocenters.